The molecule has 0 aliphatic heterocycles. The molecule has 0 unspecified atom stereocenters. The highest BCUT2D eigenvalue weighted by molar-refractivity contribution is 7.92. The Bertz CT molecular complexity index is 638. The Kier molecular flexibility index (Phi) is 6.36. The minimum atomic E-state index is -3.52. The fourth-order valence-electron chi connectivity index (χ4n) is 1.82. The first kappa shape index (κ1) is 18.0. The molecule has 0 bridgehead atoms. The predicted octanol–water partition coefficient (Wildman–Crippen LogP) is 1.08. The van der Waals surface area contributed by atoms with E-state index in [0.29, 0.717) is 13.1 Å². The van der Waals surface area contributed by atoms with Crippen LogP contribution >= 0.6 is 0 Å². The molecule has 1 aromatic rings. The Balaban J connectivity index is 2.80. The number of sulfonamides is 1. The van der Waals surface area contributed by atoms with Gasteiger partial charge in [-0.2, -0.15) is 0 Å². The summed E-state index contributed by atoms with van der Waals surface area (Å²) in [5.41, 5.74) is 0.172. The summed E-state index contributed by atoms with van der Waals surface area (Å²) in [5.74, 6) is -1.06. The first-order chi connectivity index (χ1) is 10.3. The number of likely N-dealkylation sites (N-methyl/N-ethyl adjacent to an activating group) is 1. The monoisotopic (exact) mass is 328 g/mol. The fourth-order valence-corrected chi connectivity index (χ4v) is 2.40. The van der Waals surface area contributed by atoms with Crippen LogP contribution in [0.4, 0.5) is 5.69 Å². The lowest BCUT2D eigenvalue weighted by Crippen LogP contribution is -2.34. The Morgan fingerprint density at radius 3 is 2.32 bits per heavy atom. The van der Waals surface area contributed by atoms with Crippen LogP contribution in [0.3, 0.4) is 0 Å². The second-order valence-corrected chi connectivity index (χ2v) is 6.31. The van der Waals surface area contributed by atoms with Crippen LogP contribution in [0.1, 0.15) is 24.2 Å². The zero-order valence-electron chi connectivity index (χ0n) is 12.8. The number of amides is 1. The summed E-state index contributed by atoms with van der Waals surface area (Å²) >= 11 is 0. The number of esters is 1. The van der Waals surface area contributed by atoms with Crippen molar-refractivity contribution < 1.29 is 22.7 Å². The lowest BCUT2D eigenvalue weighted by atomic mass is 10.2. The average molecular weight is 328 g/mol. The highest BCUT2D eigenvalue weighted by Gasteiger charge is 2.17. The van der Waals surface area contributed by atoms with E-state index >= 15 is 0 Å². The predicted molar refractivity (Wildman–Crippen MR) is 83.1 cm³/mol. The summed E-state index contributed by atoms with van der Waals surface area (Å²) in [5, 5.41) is 0. The molecule has 1 rings (SSSR count). The molecule has 7 nitrogen and oxygen atoms in total. The van der Waals surface area contributed by atoms with Crippen molar-refractivity contribution in [3.63, 3.8) is 0 Å². The van der Waals surface area contributed by atoms with Gasteiger partial charge in [-0.05, 0) is 26.0 Å². The Hall–Kier alpha value is -2.09. The maximum Gasteiger partial charge on any atom is 0.340 e. The number of para-hydroxylation sites is 1. The summed E-state index contributed by atoms with van der Waals surface area (Å²) in [7, 11) is -3.52. The molecule has 0 radical (unpaired) electrons. The number of benzene rings is 1. The van der Waals surface area contributed by atoms with E-state index < -0.39 is 16.0 Å². The van der Waals surface area contributed by atoms with E-state index in [2.05, 4.69) is 4.72 Å². The van der Waals surface area contributed by atoms with Gasteiger partial charge in [0, 0.05) is 13.1 Å². The first-order valence-electron chi connectivity index (χ1n) is 6.80. The van der Waals surface area contributed by atoms with Gasteiger partial charge in [0.05, 0.1) is 17.5 Å². The maximum absolute atomic E-state index is 12.0. The molecule has 8 heteroatoms. The molecule has 0 aromatic heterocycles. The number of hydrogen-bond acceptors (Lipinski definition) is 5. The maximum atomic E-state index is 12.0. The summed E-state index contributed by atoms with van der Waals surface area (Å²) in [4.78, 5) is 25.4. The molecule has 0 fully saturated rings. The molecule has 0 saturated heterocycles. The highest BCUT2D eigenvalue weighted by Crippen LogP contribution is 2.17. The van der Waals surface area contributed by atoms with Gasteiger partial charge in [0.25, 0.3) is 5.91 Å². The van der Waals surface area contributed by atoms with Gasteiger partial charge in [-0.15, -0.1) is 0 Å². The van der Waals surface area contributed by atoms with Gasteiger partial charge in [-0.25, -0.2) is 13.2 Å². The van der Waals surface area contributed by atoms with Crippen LogP contribution in [-0.4, -0.2) is 51.1 Å². The molecule has 22 heavy (non-hydrogen) atoms. The van der Waals surface area contributed by atoms with E-state index in [4.69, 9.17) is 4.74 Å². The number of nitrogens with one attached hydrogen (secondary N) is 1. The van der Waals surface area contributed by atoms with Gasteiger partial charge in [-0.3, -0.25) is 9.52 Å². The number of ether oxygens (including phenoxy) is 1. The van der Waals surface area contributed by atoms with Crippen molar-refractivity contribution in [1.29, 1.82) is 0 Å². The van der Waals surface area contributed by atoms with Crippen LogP contribution < -0.4 is 4.72 Å². The van der Waals surface area contributed by atoms with E-state index in [-0.39, 0.29) is 23.8 Å². The van der Waals surface area contributed by atoms with Crippen molar-refractivity contribution >= 4 is 27.6 Å². The molecular weight excluding hydrogens is 308 g/mol. The third-order valence-corrected chi connectivity index (χ3v) is 3.48. The van der Waals surface area contributed by atoms with Gasteiger partial charge in [0.1, 0.15) is 0 Å². The summed E-state index contributed by atoms with van der Waals surface area (Å²) in [6.07, 6.45) is 0.985. The van der Waals surface area contributed by atoms with E-state index in [9.17, 15) is 18.0 Å². The van der Waals surface area contributed by atoms with Crippen LogP contribution in [0.25, 0.3) is 0 Å². The molecule has 0 spiro atoms. The second kappa shape index (κ2) is 7.79. The zero-order valence-corrected chi connectivity index (χ0v) is 13.6. The molecule has 122 valence electrons. The number of anilines is 1. The lowest BCUT2D eigenvalue weighted by molar-refractivity contribution is -0.134. The average Bonchev–Trinajstić information content (AvgIpc) is 2.45. The number of nitrogens with zero attached hydrogens (tertiary/aromatic N) is 1. The number of rotatable bonds is 7. The number of carbonyl (C=O) groups is 2. The highest BCUT2D eigenvalue weighted by atomic mass is 32.2. The minimum absolute atomic E-state index is 0.0558. The van der Waals surface area contributed by atoms with Gasteiger partial charge in [0.15, 0.2) is 6.61 Å². The van der Waals surface area contributed by atoms with Gasteiger partial charge >= 0.3 is 5.97 Å². The molecule has 1 aromatic carbocycles. The van der Waals surface area contributed by atoms with Crippen molar-refractivity contribution in [2.75, 3.05) is 30.7 Å². The van der Waals surface area contributed by atoms with Crippen molar-refractivity contribution in [2.45, 2.75) is 13.8 Å². The molecular formula is C14H20N2O5S. The number of carbonyl (C=O) groups excluding carboxylic acids is 2. The van der Waals surface area contributed by atoms with Crippen molar-refractivity contribution in [2.24, 2.45) is 0 Å². The second-order valence-electron chi connectivity index (χ2n) is 4.56. The minimum Gasteiger partial charge on any atom is -0.452 e. The van der Waals surface area contributed by atoms with Crippen LogP contribution in [0.5, 0.6) is 0 Å². The molecule has 0 aliphatic rings. The zero-order chi connectivity index (χ0) is 16.8. The molecule has 0 saturated carbocycles. The normalized spacial score (nSPS) is 10.9. The van der Waals surface area contributed by atoms with Gasteiger partial charge < -0.3 is 9.64 Å². The van der Waals surface area contributed by atoms with Crippen molar-refractivity contribution in [1.82, 2.24) is 4.90 Å². The Labute approximate surface area is 130 Å². The van der Waals surface area contributed by atoms with E-state index in [0.717, 1.165) is 6.26 Å². The molecule has 1 amide bonds. The summed E-state index contributed by atoms with van der Waals surface area (Å²) in [6.45, 7) is 4.33. The third-order valence-electron chi connectivity index (χ3n) is 2.89. The smallest absolute Gasteiger partial charge is 0.340 e. The van der Waals surface area contributed by atoms with Gasteiger partial charge in [0.2, 0.25) is 10.0 Å². The van der Waals surface area contributed by atoms with Crippen LogP contribution in [0.2, 0.25) is 0 Å². The fraction of sp³-hybridized carbons (Fsp3) is 0.429. The van der Waals surface area contributed by atoms with Crippen LogP contribution in [-0.2, 0) is 19.6 Å². The molecule has 0 heterocycles. The van der Waals surface area contributed by atoms with E-state index in [1.165, 1.54) is 17.0 Å². The van der Waals surface area contributed by atoms with E-state index in [1.54, 1.807) is 12.1 Å². The lowest BCUT2D eigenvalue weighted by Gasteiger charge is -2.18. The first-order valence-corrected chi connectivity index (χ1v) is 8.69. The van der Waals surface area contributed by atoms with Crippen molar-refractivity contribution in [3.05, 3.63) is 29.8 Å². The summed E-state index contributed by atoms with van der Waals surface area (Å²) < 4.78 is 29.8. The van der Waals surface area contributed by atoms with Crippen molar-refractivity contribution in [3.8, 4) is 0 Å². The molecule has 0 atom stereocenters. The molecule has 1 N–H and O–H groups in total. The van der Waals surface area contributed by atoms with E-state index in [1.807, 2.05) is 13.8 Å². The largest absolute Gasteiger partial charge is 0.452 e. The standard InChI is InChI=1S/C14H20N2O5S/c1-4-16(5-2)13(17)10-21-14(18)11-8-6-7-9-12(11)15-22(3,19)20/h6-9,15H,4-5,10H2,1-3H3. The summed E-state index contributed by atoms with van der Waals surface area (Å²) in [6, 6.07) is 6.04. The topological polar surface area (TPSA) is 92.8 Å². The SMILES string of the molecule is CCN(CC)C(=O)COC(=O)c1ccccc1NS(C)(=O)=O. The molecule has 0 aliphatic carbocycles. The Morgan fingerprint density at radius 2 is 1.77 bits per heavy atom. The van der Waals surface area contributed by atoms with Crippen LogP contribution in [0.15, 0.2) is 24.3 Å². The van der Waals surface area contributed by atoms with Gasteiger partial charge in [-0.1, -0.05) is 12.1 Å². The third kappa shape index (κ3) is 5.36. The number of hydrogen-bond donors (Lipinski definition) is 1. The van der Waals surface area contributed by atoms with Crippen LogP contribution in [0, 0.1) is 0 Å². The quantitative estimate of drug-likeness (QED) is 0.756. The Morgan fingerprint density at radius 1 is 1.18 bits per heavy atom.